The number of fused-ring (bicyclic) bond motifs is 1. The van der Waals surface area contributed by atoms with Crippen molar-refractivity contribution in [1.29, 1.82) is 0 Å². The molecule has 64 valence electrons. The Bertz CT molecular complexity index is 487. The molecule has 0 aromatic carbocycles. The van der Waals surface area contributed by atoms with Gasteiger partial charge in [-0.2, -0.15) is 0 Å². The van der Waals surface area contributed by atoms with E-state index in [9.17, 15) is 0 Å². The molecule has 0 unspecified atom stereocenters. The van der Waals surface area contributed by atoms with Crippen molar-refractivity contribution in [3.8, 4) is 9.31 Å². The van der Waals surface area contributed by atoms with E-state index in [1.54, 1.807) is 0 Å². The average Bonchev–Trinajstić information content (AvgIpc) is 2.78. The SMILES string of the molecule is c1c[se]c(-c2cc3sccc3s2)c1. The predicted molar refractivity (Wildman–Crippen MR) is 62.1 cm³/mol. The fourth-order valence-corrected chi connectivity index (χ4v) is 5.18. The zero-order valence-electron chi connectivity index (χ0n) is 6.69. The first-order valence-corrected chi connectivity index (χ1v) is 7.48. The van der Waals surface area contributed by atoms with Crippen LogP contribution in [0.15, 0.2) is 34.6 Å². The summed E-state index contributed by atoms with van der Waals surface area (Å²) in [4.78, 5) is 3.74. The zero-order chi connectivity index (χ0) is 8.67. The van der Waals surface area contributed by atoms with Crippen LogP contribution in [0.1, 0.15) is 0 Å². The van der Waals surface area contributed by atoms with Crippen LogP contribution >= 0.6 is 22.7 Å². The molecule has 0 spiro atoms. The van der Waals surface area contributed by atoms with Crippen LogP contribution in [0.2, 0.25) is 0 Å². The molecule has 0 aliphatic heterocycles. The maximum atomic E-state index is 2.32. The van der Waals surface area contributed by atoms with Gasteiger partial charge in [0.05, 0.1) is 0 Å². The van der Waals surface area contributed by atoms with E-state index in [0.717, 1.165) is 0 Å². The fraction of sp³-hybridized carbons (Fsp3) is 0. The summed E-state index contributed by atoms with van der Waals surface area (Å²) >= 11 is 4.33. The van der Waals surface area contributed by atoms with Gasteiger partial charge >= 0.3 is 90.5 Å². The van der Waals surface area contributed by atoms with Gasteiger partial charge in [-0.1, -0.05) is 0 Å². The van der Waals surface area contributed by atoms with Crippen molar-refractivity contribution >= 4 is 46.6 Å². The van der Waals surface area contributed by atoms with Crippen molar-refractivity contribution in [2.75, 3.05) is 0 Å². The van der Waals surface area contributed by atoms with Gasteiger partial charge < -0.3 is 0 Å². The van der Waals surface area contributed by atoms with E-state index in [-0.39, 0.29) is 0 Å². The van der Waals surface area contributed by atoms with Gasteiger partial charge in [0.25, 0.3) is 0 Å². The molecule has 0 bridgehead atoms. The minimum atomic E-state index is 0.576. The Morgan fingerprint density at radius 3 is 2.92 bits per heavy atom. The van der Waals surface area contributed by atoms with Crippen molar-refractivity contribution in [2.24, 2.45) is 0 Å². The first-order chi connectivity index (χ1) is 6.43. The van der Waals surface area contributed by atoms with Crippen molar-refractivity contribution in [3.05, 3.63) is 34.6 Å². The third-order valence-electron chi connectivity index (χ3n) is 1.90. The second-order valence-corrected chi connectivity index (χ2v) is 6.76. The van der Waals surface area contributed by atoms with Gasteiger partial charge in [-0.05, 0) is 0 Å². The maximum absolute atomic E-state index is 2.32. The molecule has 3 aromatic rings. The standard InChI is InChI=1S/C10H6S2Se/c1-2-10(13-5-1)9-6-8-7(12-9)3-4-11-8/h1-6H. The van der Waals surface area contributed by atoms with Crippen LogP contribution in [0.4, 0.5) is 0 Å². The quantitative estimate of drug-likeness (QED) is 0.591. The molecule has 0 radical (unpaired) electrons. The summed E-state index contributed by atoms with van der Waals surface area (Å²) < 4.78 is 4.40. The molecule has 0 saturated heterocycles. The van der Waals surface area contributed by atoms with Crippen molar-refractivity contribution < 1.29 is 0 Å². The Balaban J connectivity index is 2.23. The van der Waals surface area contributed by atoms with Gasteiger partial charge in [0, 0.05) is 0 Å². The summed E-state index contributed by atoms with van der Waals surface area (Å²) in [7, 11) is 0. The summed E-state index contributed by atoms with van der Waals surface area (Å²) in [6.45, 7) is 0. The van der Waals surface area contributed by atoms with Gasteiger partial charge in [0.15, 0.2) is 0 Å². The number of hydrogen-bond donors (Lipinski definition) is 0. The molecular formula is C10H6S2Se. The molecule has 0 amide bonds. The van der Waals surface area contributed by atoms with Crippen LogP contribution < -0.4 is 0 Å². The first-order valence-electron chi connectivity index (χ1n) is 3.94. The Kier molecular flexibility index (Phi) is 1.91. The zero-order valence-corrected chi connectivity index (χ0v) is 10.0. The molecule has 0 N–H and O–H groups in total. The predicted octanol–water partition coefficient (Wildman–Crippen LogP) is 3.69. The molecule has 3 heterocycles. The molecule has 13 heavy (non-hydrogen) atoms. The molecule has 0 aliphatic carbocycles. The second kappa shape index (κ2) is 3.10. The number of thiophene rings is 2. The normalized spacial score (nSPS) is 11.1. The van der Waals surface area contributed by atoms with E-state index in [1.165, 1.54) is 18.7 Å². The Labute approximate surface area is 90.2 Å². The van der Waals surface area contributed by atoms with Crippen LogP contribution in [0.25, 0.3) is 18.7 Å². The van der Waals surface area contributed by atoms with E-state index in [4.69, 9.17) is 0 Å². The van der Waals surface area contributed by atoms with E-state index >= 15 is 0 Å². The first kappa shape index (κ1) is 8.01. The molecule has 3 rings (SSSR count). The molecule has 3 aromatic heterocycles. The van der Waals surface area contributed by atoms with Crippen molar-refractivity contribution in [3.63, 3.8) is 0 Å². The molecule has 0 atom stereocenters. The Morgan fingerprint density at radius 2 is 2.15 bits per heavy atom. The van der Waals surface area contributed by atoms with Crippen LogP contribution in [0.5, 0.6) is 0 Å². The molecule has 0 saturated carbocycles. The van der Waals surface area contributed by atoms with E-state index in [1.807, 2.05) is 22.7 Å². The van der Waals surface area contributed by atoms with Gasteiger partial charge in [-0.15, -0.1) is 0 Å². The summed E-state index contributed by atoms with van der Waals surface area (Å²) in [6.07, 6.45) is 0. The third-order valence-corrected chi connectivity index (χ3v) is 6.22. The van der Waals surface area contributed by atoms with Crippen LogP contribution in [0, 0.1) is 0 Å². The summed E-state index contributed by atoms with van der Waals surface area (Å²) in [5.74, 6) is 0. The second-order valence-electron chi connectivity index (χ2n) is 2.74. The molecule has 3 heteroatoms. The van der Waals surface area contributed by atoms with Crippen LogP contribution in [0.3, 0.4) is 0 Å². The topological polar surface area (TPSA) is 0 Å². The van der Waals surface area contributed by atoms with Gasteiger partial charge in [0.1, 0.15) is 0 Å². The number of rotatable bonds is 1. The summed E-state index contributed by atoms with van der Waals surface area (Å²) in [5.41, 5.74) is 0. The molecule has 0 fully saturated rings. The van der Waals surface area contributed by atoms with Crippen molar-refractivity contribution in [2.45, 2.75) is 0 Å². The van der Waals surface area contributed by atoms with E-state index in [2.05, 4.69) is 34.6 Å². The molecular weight excluding hydrogens is 263 g/mol. The van der Waals surface area contributed by atoms with E-state index in [0.29, 0.717) is 14.5 Å². The average molecular weight is 269 g/mol. The molecule has 0 aliphatic rings. The van der Waals surface area contributed by atoms with Crippen LogP contribution in [-0.4, -0.2) is 14.5 Å². The number of hydrogen-bond acceptors (Lipinski definition) is 2. The fourth-order valence-electron chi connectivity index (χ4n) is 1.31. The van der Waals surface area contributed by atoms with Gasteiger partial charge in [-0.25, -0.2) is 0 Å². The monoisotopic (exact) mass is 270 g/mol. The summed E-state index contributed by atoms with van der Waals surface area (Å²) in [5, 5.41) is 2.16. The Hall–Kier alpha value is -0.341. The summed E-state index contributed by atoms with van der Waals surface area (Å²) in [6, 6.07) is 8.95. The van der Waals surface area contributed by atoms with Crippen LogP contribution in [-0.2, 0) is 0 Å². The van der Waals surface area contributed by atoms with E-state index < -0.39 is 0 Å². The van der Waals surface area contributed by atoms with Gasteiger partial charge in [-0.3, -0.25) is 0 Å². The van der Waals surface area contributed by atoms with Gasteiger partial charge in [0.2, 0.25) is 0 Å². The molecule has 0 nitrogen and oxygen atoms in total. The third kappa shape index (κ3) is 1.32. The Morgan fingerprint density at radius 1 is 1.15 bits per heavy atom. The minimum absolute atomic E-state index is 0.576. The van der Waals surface area contributed by atoms with Crippen molar-refractivity contribution in [1.82, 2.24) is 0 Å².